The Kier molecular flexibility index (Phi) is 3.44. The molecule has 3 rings (SSSR count). The maximum absolute atomic E-state index is 5.76. The first-order valence-electron chi connectivity index (χ1n) is 7.30. The summed E-state index contributed by atoms with van der Waals surface area (Å²) in [6, 6.07) is 4.21. The molecular formula is C15H24N2O. The highest BCUT2D eigenvalue weighted by Gasteiger charge is 2.39. The lowest BCUT2D eigenvalue weighted by atomic mass is 9.79. The van der Waals surface area contributed by atoms with Crippen molar-refractivity contribution in [1.29, 1.82) is 0 Å². The molecule has 0 aromatic carbocycles. The molecule has 2 heterocycles. The van der Waals surface area contributed by atoms with Gasteiger partial charge in [0.15, 0.2) is 0 Å². The lowest BCUT2D eigenvalue weighted by Gasteiger charge is -2.49. The second kappa shape index (κ2) is 5.06. The van der Waals surface area contributed by atoms with Crippen LogP contribution < -0.4 is 5.32 Å². The minimum absolute atomic E-state index is 0.400. The van der Waals surface area contributed by atoms with Crippen LogP contribution in [0.4, 0.5) is 0 Å². The van der Waals surface area contributed by atoms with Crippen LogP contribution in [0.1, 0.15) is 43.6 Å². The van der Waals surface area contributed by atoms with E-state index in [1.807, 2.05) is 6.92 Å². The first kappa shape index (κ1) is 12.2. The number of aryl methyl sites for hydroxylation is 1. The molecule has 18 heavy (non-hydrogen) atoms. The summed E-state index contributed by atoms with van der Waals surface area (Å²) in [5.74, 6) is 2.15. The summed E-state index contributed by atoms with van der Waals surface area (Å²) >= 11 is 0. The summed E-state index contributed by atoms with van der Waals surface area (Å²) in [5, 5.41) is 3.59. The third-order valence-corrected chi connectivity index (χ3v) is 4.61. The minimum atomic E-state index is 0.400. The summed E-state index contributed by atoms with van der Waals surface area (Å²) in [6.07, 6.45) is 6.87. The predicted molar refractivity (Wildman–Crippen MR) is 72.5 cm³/mol. The van der Waals surface area contributed by atoms with E-state index in [1.54, 1.807) is 0 Å². The fourth-order valence-corrected chi connectivity index (χ4v) is 3.59. The van der Waals surface area contributed by atoms with E-state index >= 15 is 0 Å². The van der Waals surface area contributed by atoms with Crippen LogP contribution in [0.2, 0.25) is 0 Å². The van der Waals surface area contributed by atoms with Crippen molar-refractivity contribution in [3.05, 3.63) is 23.7 Å². The van der Waals surface area contributed by atoms with Crippen molar-refractivity contribution < 1.29 is 4.42 Å². The molecule has 0 unspecified atom stereocenters. The standard InChI is InChI=1S/C15H24N2O/c1-13-5-6-14(18-13)11-17-10-9-16-12-15(17)7-3-2-4-8-15/h5-6,16H,2-4,7-12H2,1H3. The van der Waals surface area contributed by atoms with Crippen LogP contribution in [0.25, 0.3) is 0 Å². The van der Waals surface area contributed by atoms with E-state index in [9.17, 15) is 0 Å². The van der Waals surface area contributed by atoms with Crippen LogP contribution in [0.3, 0.4) is 0 Å². The van der Waals surface area contributed by atoms with Crippen LogP contribution in [-0.2, 0) is 6.54 Å². The fraction of sp³-hybridized carbons (Fsp3) is 0.733. The first-order valence-corrected chi connectivity index (χ1v) is 7.30. The molecule has 1 saturated carbocycles. The van der Waals surface area contributed by atoms with Gasteiger partial charge in [-0.3, -0.25) is 4.90 Å². The number of hydrogen-bond donors (Lipinski definition) is 1. The first-order chi connectivity index (χ1) is 8.78. The zero-order valence-electron chi connectivity index (χ0n) is 11.4. The molecule has 3 heteroatoms. The summed E-state index contributed by atoms with van der Waals surface area (Å²) in [7, 11) is 0. The molecule has 1 saturated heterocycles. The van der Waals surface area contributed by atoms with Crippen LogP contribution in [0.5, 0.6) is 0 Å². The van der Waals surface area contributed by atoms with Crippen LogP contribution in [0.15, 0.2) is 16.5 Å². The summed E-state index contributed by atoms with van der Waals surface area (Å²) in [4.78, 5) is 2.67. The van der Waals surface area contributed by atoms with E-state index in [0.717, 1.165) is 37.7 Å². The van der Waals surface area contributed by atoms with Gasteiger partial charge in [-0.15, -0.1) is 0 Å². The molecule has 1 aliphatic heterocycles. The number of furan rings is 1. The molecule has 1 aliphatic carbocycles. The van der Waals surface area contributed by atoms with E-state index in [0.29, 0.717) is 5.54 Å². The quantitative estimate of drug-likeness (QED) is 0.872. The Bertz CT molecular complexity index is 385. The average Bonchev–Trinajstić information content (AvgIpc) is 2.79. The summed E-state index contributed by atoms with van der Waals surface area (Å²) < 4.78 is 5.76. The predicted octanol–water partition coefficient (Wildman–Crippen LogP) is 2.70. The van der Waals surface area contributed by atoms with Gasteiger partial charge in [0.25, 0.3) is 0 Å². The Morgan fingerprint density at radius 3 is 2.83 bits per heavy atom. The van der Waals surface area contributed by atoms with E-state index in [4.69, 9.17) is 4.42 Å². The van der Waals surface area contributed by atoms with Crippen LogP contribution in [0, 0.1) is 6.92 Å². The molecule has 1 spiro atoms. The number of hydrogen-bond acceptors (Lipinski definition) is 3. The van der Waals surface area contributed by atoms with Crippen molar-refractivity contribution in [1.82, 2.24) is 10.2 Å². The van der Waals surface area contributed by atoms with Crippen LogP contribution in [-0.4, -0.2) is 30.1 Å². The van der Waals surface area contributed by atoms with Gasteiger partial charge in [0.1, 0.15) is 11.5 Å². The number of nitrogens with zero attached hydrogens (tertiary/aromatic N) is 1. The summed E-state index contributed by atoms with van der Waals surface area (Å²) in [5.41, 5.74) is 0.400. The van der Waals surface area contributed by atoms with Gasteiger partial charge in [0.05, 0.1) is 6.54 Å². The zero-order valence-corrected chi connectivity index (χ0v) is 11.4. The highest BCUT2D eigenvalue weighted by molar-refractivity contribution is 5.07. The maximum atomic E-state index is 5.76. The number of piperazine rings is 1. The maximum Gasteiger partial charge on any atom is 0.118 e. The fourth-order valence-electron chi connectivity index (χ4n) is 3.59. The zero-order chi connectivity index (χ0) is 12.4. The van der Waals surface area contributed by atoms with E-state index in [1.165, 1.54) is 32.1 Å². The van der Waals surface area contributed by atoms with Crippen molar-refractivity contribution >= 4 is 0 Å². The molecule has 1 aromatic rings. The Hall–Kier alpha value is -0.800. The van der Waals surface area contributed by atoms with Gasteiger partial charge in [0.2, 0.25) is 0 Å². The van der Waals surface area contributed by atoms with Gasteiger partial charge < -0.3 is 9.73 Å². The van der Waals surface area contributed by atoms with Gasteiger partial charge in [-0.1, -0.05) is 19.3 Å². The Morgan fingerprint density at radius 2 is 2.11 bits per heavy atom. The molecule has 2 fully saturated rings. The largest absolute Gasteiger partial charge is 0.465 e. The monoisotopic (exact) mass is 248 g/mol. The molecule has 3 nitrogen and oxygen atoms in total. The second-order valence-corrected chi connectivity index (χ2v) is 5.90. The van der Waals surface area contributed by atoms with Crippen molar-refractivity contribution in [2.75, 3.05) is 19.6 Å². The van der Waals surface area contributed by atoms with E-state index in [2.05, 4.69) is 22.3 Å². The molecule has 0 amide bonds. The highest BCUT2D eigenvalue weighted by Crippen LogP contribution is 2.35. The molecule has 100 valence electrons. The topological polar surface area (TPSA) is 28.4 Å². The molecule has 2 aliphatic rings. The van der Waals surface area contributed by atoms with E-state index < -0.39 is 0 Å². The molecule has 1 aromatic heterocycles. The Morgan fingerprint density at radius 1 is 1.28 bits per heavy atom. The van der Waals surface area contributed by atoms with Crippen molar-refractivity contribution in [2.24, 2.45) is 0 Å². The second-order valence-electron chi connectivity index (χ2n) is 5.90. The van der Waals surface area contributed by atoms with Gasteiger partial charge >= 0.3 is 0 Å². The van der Waals surface area contributed by atoms with Gasteiger partial charge in [-0.2, -0.15) is 0 Å². The molecule has 0 radical (unpaired) electrons. The number of nitrogens with one attached hydrogen (secondary N) is 1. The lowest BCUT2D eigenvalue weighted by Crippen LogP contribution is -2.61. The number of rotatable bonds is 2. The van der Waals surface area contributed by atoms with Crippen molar-refractivity contribution in [2.45, 2.75) is 51.1 Å². The highest BCUT2D eigenvalue weighted by atomic mass is 16.3. The summed E-state index contributed by atoms with van der Waals surface area (Å²) in [6.45, 7) is 6.43. The SMILES string of the molecule is Cc1ccc(CN2CCNCC23CCCCC3)o1. The van der Waals surface area contributed by atoms with Crippen molar-refractivity contribution in [3.63, 3.8) is 0 Å². The average molecular weight is 248 g/mol. The Balaban J connectivity index is 1.75. The van der Waals surface area contributed by atoms with Crippen molar-refractivity contribution in [3.8, 4) is 0 Å². The minimum Gasteiger partial charge on any atom is -0.465 e. The van der Waals surface area contributed by atoms with Gasteiger partial charge in [-0.25, -0.2) is 0 Å². The molecule has 1 N–H and O–H groups in total. The lowest BCUT2D eigenvalue weighted by molar-refractivity contribution is 0.0159. The molecular weight excluding hydrogens is 224 g/mol. The Labute approximate surface area is 110 Å². The van der Waals surface area contributed by atoms with Gasteiger partial charge in [-0.05, 0) is 31.9 Å². The van der Waals surface area contributed by atoms with E-state index in [-0.39, 0.29) is 0 Å². The third-order valence-electron chi connectivity index (χ3n) is 4.61. The molecule has 0 bridgehead atoms. The van der Waals surface area contributed by atoms with Gasteiger partial charge in [0, 0.05) is 25.2 Å². The smallest absolute Gasteiger partial charge is 0.118 e. The normalized spacial score (nSPS) is 24.5. The third kappa shape index (κ3) is 2.34. The van der Waals surface area contributed by atoms with Crippen LogP contribution >= 0.6 is 0 Å². The molecule has 0 atom stereocenters.